The number of likely N-dealkylation sites (N-methyl/N-ethyl adjacent to an activating group) is 1. The van der Waals surface area contributed by atoms with Crippen LogP contribution in [0.2, 0.25) is 0 Å². The van der Waals surface area contributed by atoms with Crippen molar-refractivity contribution in [2.45, 2.75) is 19.1 Å². The zero-order chi connectivity index (χ0) is 14.4. The molecule has 2 N–H and O–H groups in total. The van der Waals surface area contributed by atoms with Gasteiger partial charge < -0.3 is 20.3 Å². The van der Waals surface area contributed by atoms with E-state index in [0.29, 0.717) is 19.2 Å². The van der Waals surface area contributed by atoms with Crippen LogP contribution in [-0.2, 0) is 11.3 Å². The van der Waals surface area contributed by atoms with E-state index >= 15 is 0 Å². The molecule has 1 amide bonds. The number of rotatable bonds is 5. The van der Waals surface area contributed by atoms with E-state index in [0.717, 1.165) is 31.6 Å². The minimum absolute atomic E-state index is 0.225. The lowest BCUT2D eigenvalue weighted by atomic mass is 10.2. The fourth-order valence-electron chi connectivity index (χ4n) is 2.46. The summed E-state index contributed by atoms with van der Waals surface area (Å²) in [7, 11) is 2.05. The first-order valence-corrected chi connectivity index (χ1v) is 7.06. The molecule has 5 heteroatoms. The number of likely N-dealkylation sites (tertiary alicyclic amines) is 1. The molecule has 0 saturated carbocycles. The van der Waals surface area contributed by atoms with Gasteiger partial charge in [0, 0.05) is 32.2 Å². The van der Waals surface area contributed by atoms with Gasteiger partial charge in [0.25, 0.3) is 0 Å². The molecule has 1 saturated heterocycles. The summed E-state index contributed by atoms with van der Waals surface area (Å²) in [6, 6.07) is 10.1. The van der Waals surface area contributed by atoms with Crippen LogP contribution in [0.3, 0.4) is 0 Å². The molecule has 110 valence electrons. The minimum Gasteiger partial charge on any atom is -0.445 e. The van der Waals surface area contributed by atoms with Gasteiger partial charge in [0.2, 0.25) is 0 Å². The topological polar surface area (TPSA) is 58.8 Å². The summed E-state index contributed by atoms with van der Waals surface area (Å²) in [6.07, 6.45) is 0.759. The Bertz CT molecular complexity index is 424. The molecule has 20 heavy (non-hydrogen) atoms. The summed E-state index contributed by atoms with van der Waals surface area (Å²) < 4.78 is 5.34. The van der Waals surface area contributed by atoms with E-state index in [1.165, 1.54) is 0 Å². The SMILES string of the molecule is CN(CCN)[C@@H]1CCN(C(=O)OCc2ccccc2)C1. The largest absolute Gasteiger partial charge is 0.445 e. The Morgan fingerprint density at radius 1 is 1.45 bits per heavy atom. The Morgan fingerprint density at radius 3 is 2.90 bits per heavy atom. The first kappa shape index (κ1) is 14.8. The molecule has 1 fully saturated rings. The van der Waals surface area contributed by atoms with E-state index in [2.05, 4.69) is 11.9 Å². The number of ether oxygens (including phenoxy) is 1. The molecule has 0 aliphatic carbocycles. The summed E-state index contributed by atoms with van der Waals surface area (Å²) in [6.45, 7) is 3.32. The second-order valence-corrected chi connectivity index (χ2v) is 5.20. The van der Waals surface area contributed by atoms with Crippen molar-refractivity contribution in [1.29, 1.82) is 0 Å². The molecule has 2 rings (SSSR count). The van der Waals surface area contributed by atoms with Crippen molar-refractivity contribution in [2.75, 3.05) is 33.2 Å². The average molecular weight is 277 g/mol. The van der Waals surface area contributed by atoms with Gasteiger partial charge in [0.1, 0.15) is 6.61 Å². The van der Waals surface area contributed by atoms with Crippen molar-refractivity contribution < 1.29 is 9.53 Å². The maximum Gasteiger partial charge on any atom is 0.410 e. The molecule has 0 aromatic heterocycles. The molecule has 1 atom stereocenters. The van der Waals surface area contributed by atoms with Gasteiger partial charge in [-0.05, 0) is 19.0 Å². The third-order valence-electron chi connectivity index (χ3n) is 3.73. The highest BCUT2D eigenvalue weighted by atomic mass is 16.6. The van der Waals surface area contributed by atoms with Crippen LogP contribution < -0.4 is 5.73 Å². The highest BCUT2D eigenvalue weighted by molar-refractivity contribution is 5.68. The first-order chi connectivity index (χ1) is 9.70. The fourth-order valence-corrected chi connectivity index (χ4v) is 2.46. The van der Waals surface area contributed by atoms with Crippen LogP contribution in [-0.4, -0.2) is 55.2 Å². The smallest absolute Gasteiger partial charge is 0.410 e. The number of amides is 1. The van der Waals surface area contributed by atoms with E-state index in [9.17, 15) is 4.79 Å². The fraction of sp³-hybridized carbons (Fsp3) is 0.533. The normalized spacial score (nSPS) is 18.6. The highest BCUT2D eigenvalue weighted by Gasteiger charge is 2.29. The van der Waals surface area contributed by atoms with Crippen LogP contribution in [0.1, 0.15) is 12.0 Å². The van der Waals surface area contributed by atoms with Crippen LogP contribution in [0, 0.1) is 0 Å². The average Bonchev–Trinajstić information content (AvgIpc) is 2.96. The van der Waals surface area contributed by atoms with Crippen molar-refractivity contribution in [1.82, 2.24) is 9.80 Å². The molecule has 1 aliphatic rings. The van der Waals surface area contributed by atoms with Crippen molar-refractivity contribution >= 4 is 6.09 Å². The molecular formula is C15H23N3O2. The summed E-state index contributed by atoms with van der Waals surface area (Å²) in [5.41, 5.74) is 6.57. The van der Waals surface area contributed by atoms with Crippen molar-refractivity contribution in [3.63, 3.8) is 0 Å². The van der Waals surface area contributed by atoms with Gasteiger partial charge in [-0.25, -0.2) is 4.79 Å². The number of nitrogens with zero attached hydrogens (tertiary/aromatic N) is 2. The Kier molecular flexibility index (Phi) is 5.38. The van der Waals surface area contributed by atoms with E-state index in [1.807, 2.05) is 30.3 Å². The van der Waals surface area contributed by atoms with Crippen molar-refractivity contribution in [3.05, 3.63) is 35.9 Å². The van der Waals surface area contributed by atoms with Gasteiger partial charge in [-0.15, -0.1) is 0 Å². The summed E-state index contributed by atoms with van der Waals surface area (Å²) in [4.78, 5) is 16.0. The molecular weight excluding hydrogens is 254 g/mol. The van der Waals surface area contributed by atoms with Gasteiger partial charge >= 0.3 is 6.09 Å². The summed E-state index contributed by atoms with van der Waals surface area (Å²) >= 11 is 0. The number of nitrogens with two attached hydrogens (primary N) is 1. The maximum atomic E-state index is 12.0. The molecule has 1 aliphatic heterocycles. The molecule has 0 bridgehead atoms. The lowest BCUT2D eigenvalue weighted by Crippen LogP contribution is -2.39. The second-order valence-electron chi connectivity index (χ2n) is 5.20. The minimum atomic E-state index is -0.225. The van der Waals surface area contributed by atoms with Crippen molar-refractivity contribution in [3.8, 4) is 0 Å². The van der Waals surface area contributed by atoms with Gasteiger partial charge in [-0.3, -0.25) is 0 Å². The van der Waals surface area contributed by atoms with E-state index in [1.54, 1.807) is 4.90 Å². The predicted octanol–water partition coefficient (Wildman–Crippen LogP) is 1.29. The number of benzene rings is 1. The number of carbonyl (C=O) groups is 1. The Morgan fingerprint density at radius 2 is 2.20 bits per heavy atom. The number of hydrogen-bond donors (Lipinski definition) is 1. The van der Waals surface area contributed by atoms with E-state index in [-0.39, 0.29) is 6.09 Å². The van der Waals surface area contributed by atoms with Crippen LogP contribution >= 0.6 is 0 Å². The molecule has 1 heterocycles. The lowest BCUT2D eigenvalue weighted by Gasteiger charge is -2.23. The van der Waals surface area contributed by atoms with Crippen LogP contribution in [0.4, 0.5) is 4.79 Å². The van der Waals surface area contributed by atoms with Gasteiger partial charge in [0.05, 0.1) is 0 Å². The van der Waals surface area contributed by atoms with Crippen LogP contribution in [0.15, 0.2) is 30.3 Å². The van der Waals surface area contributed by atoms with Crippen LogP contribution in [0.25, 0.3) is 0 Å². The monoisotopic (exact) mass is 277 g/mol. The van der Waals surface area contributed by atoms with Crippen LogP contribution in [0.5, 0.6) is 0 Å². The van der Waals surface area contributed by atoms with E-state index < -0.39 is 0 Å². The first-order valence-electron chi connectivity index (χ1n) is 7.06. The standard InChI is InChI=1S/C15H23N3O2/c1-17(10-8-16)14-7-9-18(11-14)15(19)20-12-13-5-3-2-4-6-13/h2-6,14H,7-12,16H2,1H3/t14-/m1/s1. The molecule has 0 unspecified atom stereocenters. The summed E-state index contributed by atoms with van der Waals surface area (Å²) in [5.74, 6) is 0. The van der Waals surface area contributed by atoms with Crippen molar-refractivity contribution in [2.24, 2.45) is 5.73 Å². The highest BCUT2D eigenvalue weighted by Crippen LogP contribution is 2.15. The zero-order valence-corrected chi connectivity index (χ0v) is 12.0. The lowest BCUT2D eigenvalue weighted by molar-refractivity contribution is 0.101. The predicted molar refractivity (Wildman–Crippen MR) is 78.3 cm³/mol. The number of hydrogen-bond acceptors (Lipinski definition) is 4. The Labute approximate surface area is 120 Å². The third-order valence-corrected chi connectivity index (χ3v) is 3.73. The number of carbonyl (C=O) groups excluding carboxylic acids is 1. The van der Waals surface area contributed by atoms with Gasteiger partial charge in [0.15, 0.2) is 0 Å². The molecule has 1 aromatic rings. The summed E-state index contributed by atoms with van der Waals surface area (Å²) in [5, 5.41) is 0. The second kappa shape index (κ2) is 7.26. The Hall–Kier alpha value is -1.59. The van der Waals surface area contributed by atoms with Gasteiger partial charge in [-0.2, -0.15) is 0 Å². The molecule has 0 radical (unpaired) electrons. The molecule has 0 spiro atoms. The Balaban J connectivity index is 1.77. The molecule has 5 nitrogen and oxygen atoms in total. The molecule has 1 aromatic carbocycles. The maximum absolute atomic E-state index is 12.0. The van der Waals surface area contributed by atoms with Gasteiger partial charge in [-0.1, -0.05) is 30.3 Å². The zero-order valence-electron chi connectivity index (χ0n) is 12.0. The van der Waals surface area contributed by atoms with E-state index in [4.69, 9.17) is 10.5 Å². The quantitative estimate of drug-likeness (QED) is 0.881. The third kappa shape index (κ3) is 3.95.